The van der Waals surface area contributed by atoms with Crippen LogP contribution in [0, 0.1) is 6.92 Å². The van der Waals surface area contributed by atoms with Crippen molar-refractivity contribution in [2.45, 2.75) is 31.2 Å². The first-order chi connectivity index (χ1) is 10.2. The fourth-order valence-corrected chi connectivity index (χ4v) is 3.64. The van der Waals surface area contributed by atoms with Gasteiger partial charge in [0.15, 0.2) is 0 Å². The molecule has 0 N–H and O–H groups in total. The lowest BCUT2D eigenvalue weighted by atomic mass is 10.1. The molecule has 3 nitrogen and oxygen atoms in total. The van der Waals surface area contributed by atoms with E-state index in [2.05, 4.69) is 24.0 Å². The van der Waals surface area contributed by atoms with Crippen molar-refractivity contribution in [3.8, 4) is 0 Å². The van der Waals surface area contributed by atoms with Crippen LogP contribution in [0.1, 0.15) is 24.8 Å². The van der Waals surface area contributed by atoms with Crippen molar-refractivity contribution in [3.05, 3.63) is 35.9 Å². The normalized spacial score (nSPS) is 15.4. The van der Waals surface area contributed by atoms with Crippen molar-refractivity contribution in [2.75, 3.05) is 18.8 Å². The van der Waals surface area contributed by atoms with Crippen molar-refractivity contribution < 1.29 is 4.79 Å². The quantitative estimate of drug-likeness (QED) is 0.811. The number of aryl methyl sites for hydroxylation is 1. The van der Waals surface area contributed by atoms with Gasteiger partial charge in [0, 0.05) is 18.5 Å². The minimum absolute atomic E-state index is 0.243. The molecule has 0 bridgehead atoms. The van der Waals surface area contributed by atoms with E-state index in [-0.39, 0.29) is 5.91 Å². The first kappa shape index (κ1) is 14.4. The molecule has 110 valence electrons. The fraction of sp³-hybridized carbons (Fsp3) is 0.412. The zero-order chi connectivity index (χ0) is 14.7. The van der Waals surface area contributed by atoms with Gasteiger partial charge >= 0.3 is 0 Å². The van der Waals surface area contributed by atoms with E-state index in [1.54, 1.807) is 11.8 Å². The number of pyridine rings is 1. The summed E-state index contributed by atoms with van der Waals surface area (Å²) in [6.45, 7) is 3.94. The number of carbonyl (C=O) groups excluding carboxylic acids is 1. The Balaban J connectivity index is 1.69. The van der Waals surface area contributed by atoms with Crippen molar-refractivity contribution in [1.29, 1.82) is 0 Å². The lowest BCUT2D eigenvalue weighted by molar-refractivity contribution is -0.129. The molecule has 4 heteroatoms. The Morgan fingerprint density at radius 3 is 2.81 bits per heavy atom. The number of hydrogen-bond acceptors (Lipinski definition) is 3. The summed E-state index contributed by atoms with van der Waals surface area (Å²) < 4.78 is 0. The molecule has 1 aliphatic rings. The monoisotopic (exact) mass is 300 g/mol. The lowest BCUT2D eigenvalue weighted by Gasteiger charge is -2.26. The van der Waals surface area contributed by atoms with Gasteiger partial charge in [-0.3, -0.25) is 4.79 Å². The molecule has 1 saturated heterocycles. The van der Waals surface area contributed by atoms with Crippen LogP contribution in [0.5, 0.6) is 0 Å². The molecule has 0 spiro atoms. The van der Waals surface area contributed by atoms with E-state index in [4.69, 9.17) is 0 Å². The first-order valence-electron chi connectivity index (χ1n) is 7.51. The van der Waals surface area contributed by atoms with Gasteiger partial charge in [0.1, 0.15) is 0 Å². The third kappa shape index (κ3) is 3.38. The van der Waals surface area contributed by atoms with Crippen molar-refractivity contribution in [1.82, 2.24) is 9.88 Å². The van der Waals surface area contributed by atoms with Gasteiger partial charge in [-0.25, -0.2) is 4.98 Å². The number of para-hydroxylation sites is 1. The number of nitrogens with zero attached hydrogens (tertiary/aromatic N) is 2. The zero-order valence-electron chi connectivity index (χ0n) is 12.3. The van der Waals surface area contributed by atoms with Gasteiger partial charge in [-0.05, 0) is 43.9 Å². The van der Waals surface area contributed by atoms with Crippen LogP contribution in [0.3, 0.4) is 0 Å². The summed E-state index contributed by atoms with van der Waals surface area (Å²) in [5.74, 6) is 0.734. The highest BCUT2D eigenvalue weighted by molar-refractivity contribution is 7.99. The third-order valence-electron chi connectivity index (χ3n) is 3.95. The molecule has 1 amide bonds. The number of likely N-dealkylation sites (tertiary alicyclic amines) is 1. The predicted molar refractivity (Wildman–Crippen MR) is 87.6 cm³/mol. The highest BCUT2D eigenvalue weighted by Gasteiger charge is 2.16. The highest BCUT2D eigenvalue weighted by Crippen LogP contribution is 2.24. The summed E-state index contributed by atoms with van der Waals surface area (Å²) >= 11 is 1.55. The Morgan fingerprint density at radius 2 is 2.00 bits per heavy atom. The van der Waals surface area contributed by atoms with Crippen LogP contribution >= 0.6 is 11.8 Å². The summed E-state index contributed by atoms with van der Waals surface area (Å²) in [4.78, 5) is 18.8. The van der Waals surface area contributed by atoms with E-state index in [1.807, 2.05) is 23.1 Å². The van der Waals surface area contributed by atoms with Crippen LogP contribution in [0.4, 0.5) is 0 Å². The molecule has 2 heterocycles. The van der Waals surface area contributed by atoms with Gasteiger partial charge in [-0.1, -0.05) is 30.0 Å². The van der Waals surface area contributed by atoms with E-state index < -0.39 is 0 Å². The van der Waals surface area contributed by atoms with E-state index in [9.17, 15) is 4.79 Å². The molecular weight excluding hydrogens is 280 g/mol. The molecule has 0 radical (unpaired) electrons. The second-order valence-corrected chi connectivity index (χ2v) is 6.52. The molecule has 0 atom stereocenters. The van der Waals surface area contributed by atoms with Crippen LogP contribution in [0.2, 0.25) is 0 Å². The number of rotatable bonds is 3. The molecule has 1 fully saturated rings. The summed E-state index contributed by atoms with van der Waals surface area (Å²) in [7, 11) is 0. The Morgan fingerprint density at radius 1 is 1.24 bits per heavy atom. The summed E-state index contributed by atoms with van der Waals surface area (Å²) in [5, 5.41) is 2.13. The van der Waals surface area contributed by atoms with Crippen molar-refractivity contribution in [3.63, 3.8) is 0 Å². The number of amides is 1. The van der Waals surface area contributed by atoms with Gasteiger partial charge in [0.25, 0.3) is 0 Å². The van der Waals surface area contributed by atoms with Gasteiger partial charge in [-0.2, -0.15) is 0 Å². The number of piperidine rings is 1. The van der Waals surface area contributed by atoms with E-state index >= 15 is 0 Å². The minimum atomic E-state index is 0.243. The van der Waals surface area contributed by atoms with Crippen molar-refractivity contribution in [2.24, 2.45) is 0 Å². The second kappa shape index (κ2) is 6.48. The molecule has 0 unspecified atom stereocenters. The molecule has 3 rings (SSSR count). The molecule has 21 heavy (non-hydrogen) atoms. The SMILES string of the molecule is Cc1cc(SCC(=O)N2CCCCC2)nc2ccccc12. The summed E-state index contributed by atoms with van der Waals surface area (Å²) in [6.07, 6.45) is 3.54. The minimum Gasteiger partial charge on any atom is -0.342 e. The first-order valence-corrected chi connectivity index (χ1v) is 8.49. The number of carbonyl (C=O) groups is 1. The maximum atomic E-state index is 12.2. The Hall–Kier alpha value is -1.55. The molecule has 0 aliphatic carbocycles. The fourth-order valence-electron chi connectivity index (χ4n) is 2.76. The smallest absolute Gasteiger partial charge is 0.232 e. The molecule has 1 aromatic heterocycles. The van der Waals surface area contributed by atoms with Crippen LogP contribution in [-0.4, -0.2) is 34.6 Å². The van der Waals surface area contributed by atoms with Gasteiger partial charge < -0.3 is 4.90 Å². The van der Waals surface area contributed by atoms with Crippen LogP contribution in [0.15, 0.2) is 35.4 Å². The predicted octanol–water partition coefficient (Wildman–Crippen LogP) is 3.65. The Bertz CT molecular complexity index is 650. The molecule has 1 aromatic carbocycles. The zero-order valence-corrected chi connectivity index (χ0v) is 13.2. The Kier molecular flexibility index (Phi) is 4.44. The molecular formula is C17H20N2OS. The number of benzene rings is 1. The number of thioether (sulfide) groups is 1. The van der Waals surface area contributed by atoms with Gasteiger partial charge in [-0.15, -0.1) is 0 Å². The number of fused-ring (bicyclic) bond motifs is 1. The third-order valence-corrected chi connectivity index (χ3v) is 4.85. The average molecular weight is 300 g/mol. The van der Waals surface area contributed by atoms with Gasteiger partial charge in [0.05, 0.1) is 16.3 Å². The van der Waals surface area contributed by atoms with E-state index in [1.165, 1.54) is 17.4 Å². The number of aromatic nitrogens is 1. The molecule has 0 saturated carbocycles. The summed E-state index contributed by atoms with van der Waals surface area (Å²) in [5.41, 5.74) is 2.22. The molecule has 1 aliphatic heterocycles. The standard InChI is InChI=1S/C17H20N2OS/c1-13-11-16(18-15-8-4-3-7-14(13)15)21-12-17(20)19-9-5-2-6-10-19/h3-4,7-8,11H,2,5-6,9-10,12H2,1H3. The van der Waals surface area contributed by atoms with Crippen molar-refractivity contribution >= 4 is 28.6 Å². The van der Waals surface area contributed by atoms with E-state index in [0.29, 0.717) is 5.75 Å². The maximum Gasteiger partial charge on any atom is 0.232 e. The van der Waals surface area contributed by atoms with Gasteiger partial charge in [0.2, 0.25) is 5.91 Å². The van der Waals surface area contributed by atoms with Crippen LogP contribution < -0.4 is 0 Å². The maximum absolute atomic E-state index is 12.2. The summed E-state index contributed by atoms with van der Waals surface area (Å²) in [6, 6.07) is 10.2. The Labute approximate surface area is 129 Å². The van der Waals surface area contributed by atoms with E-state index in [0.717, 1.165) is 36.5 Å². The van der Waals surface area contributed by atoms with Crippen LogP contribution in [0.25, 0.3) is 10.9 Å². The average Bonchev–Trinajstić information content (AvgIpc) is 2.53. The highest BCUT2D eigenvalue weighted by atomic mass is 32.2. The topological polar surface area (TPSA) is 33.2 Å². The lowest BCUT2D eigenvalue weighted by Crippen LogP contribution is -2.36. The molecule has 2 aromatic rings. The number of hydrogen-bond donors (Lipinski definition) is 0. The second-order valence-electron chi connectivity index (χ2n) is 5.52. The largest absolute Gasteiger partial charge is 0.342 e. The van der Waals surface area contributed by atoms with Crippen LogP contribution in [-0.2, 0) is 4.79 Å².